The highest BCUT2D eigenvalue weighted by Gasteiger charge is 2.37. The summed E-state index contributed by atoms with van der Waals surface area (Å²) in [6, 6.07) is 9.04. The lowest BCUT2D eigenvalue weighted by molar-refractivity contribution is 0.0395. The fraction of sp³-hybridized carbons (Fsp3) is 0.562. The van der Waals surface area contributed by atoms with Crippen molar-refractivity contribution >= 4 is 34.3 Å². The maximum absolute atomic E-state index is 5.42. The van der Waals surface area contributed by atoms with Crippen molar-refractivity contribution in [3.05, 3.63) is 24.3 Å². The van der Waals surface area contributed by atoms with Crippen LogP contribution in [0.3, 0.4) is 0 Å². The number of morpholine rings is 1. The van der Waals surface area contributed by atoms with Crippen LogP contribution in [0.15, 0.2) is 29.3 Å². The molecule has 0 bridgehead atoms. The highest BCUT2D eigenvalue weighted by atomic mass is 79.9. The summed E-state index contributed by atoms with van der Waals surface area (Å²) in [6.07, 6.45) is 0. The number of para-hydroxylation sites is 2. The molecular weight excluding hydrogens is 344 g/mol. The number of rotatable bonds is 3. The van der Waals surface area contributed by atoms with Crippen molar-refractivity contribution < 1.29 is 4.74 Å². The van der Waals surface area contributed by atoms with Gasteiger partial charge >= 0.3 is 0 Å². The van der Waals surface area contributed by atoms with E-state index in [1.807, 2.05) is 0 Å². The lowest BCUT2D eigenvalue weighted by atomic mass is 10.2. The molecule has 120 valence electrons. The number of ether oxygens (including phenoxy) is 1. The molecule has 0 radical (unpaired) electrons. The number of hydrogen-bond donors (Lipinski definition) is 0. The van der Waals surface area contributed by atoms with Gasteiger partial charge in [0.1, 0.15) is 0 Å². The predicted molar refractivity (Wildman–Crippen MR) is 95.6 cm³/mol. The Morgan fingerprint density at radius 1 is 1.14 bits per heavy atom. The molecule has 6 heteroatoms. The first-order valence-electron chi connectivity index (χ1n) is 7.85. The molecule has 1 unspecified atom stereocenters. The van der Waals surface area contributed by atoms with Crippen molar-refractivity contribution in [2.75, 3.05) is 55.7 Å². The fourth-order valence-corrected chi connectivity index (χ4v) is 3.39. The zero-order valence-corrected chi connectivity index (χ0v) is 14.7. The van der Waals surface area contributed by atoms with E-state index in [9.17, 15) is 0 Å². The second-order valence-electron chi connectivity index (χ2n) is 5.98. The predicted octanol–water partition coefficient (Wildman–Crippen LogP) is 1.98. The summed E-state index contributed by atoms with van der Waals surface area (Å²) in [5.74, 6) is 1.14. The first-order chi connectivity index (χ1) is 10.3. The number of nitrogens with zero attached hydrogens (tertiary/aromatic N) is 4. The standard InChI is InChI=1S/C16H22N4O.BrH/c1-13-12-20-15-5-3-2-4-14(15)19(16(20)17-13)7-6-18-8-10-21-11-9-18;/h2-5,13H,6-12H2,1H3;1H. The fourth-order valence-electron chi connectivity index (χ4n) is 3.39. The van der Waals surface area contributed by atoms with Gasteiger partial charge in [-0.3, -0.25) is 4.90 Å². The van der Waals surface area contributed by atoms with Gasteiger partial charge in [-0.05, 0) is 19.1 Å². The summed E-state index contributed by atoms with van der Waals surface area (Å²) >= 11 is 0. The Hall–Kier alpha value is -1.11. The molecule has 22 heavy (non-hydrogen) atoms. The van der Waals surface area contributed by atoms with Crippen LogP contribution >= 0.6 is 17.0 Å². The van der Waals surface area contributed by atoms with Crippen LogP contribution in [0.5, 0.6) is 0 Å². The van der Waals surface area contributed by atoms with E-state index in [-0.39, 0.29) is 17.0 Å². The quantitative estimate of drug-likeness (QED) is 0.818. The van der Waals surface area contributed by atoms with E-state index in [1.54, 1.807) is 0 Å². The van der Waals surface area contributed by atoms with E-state index in [0.717, 1.165) is 51.9 Å². The smallest absolute Gasteiger partial charge is 0.206 e. The molecule has 0 N–H and O–H groups in total. The molecule has 1 saturated heterocycles. The molecule has 0 aromatic heterocycles. The third-order valence-corrected chi connectivity index (χ3v) is 4.47. The minimum Gasteiger partial charge on any atom is -0.379 e. The van der Waals surface area contributed by atoms with Gasteiger partial charge in [-0.15, -0.1) is 17.0 Å². The van der Waals surface area contributed by atoms with Crippen LogP contribution in [-0.2, 0) is 4.74 Å². The molecule has 3 heterocycles. The van der Waals surface area contributed by atoms with Gasteiger partial charge in [0.15, 0.2) is 0 Å². The molecule has 1 aromatic carbocycles. The van der Waals surface area contributed by atoms with E-state index in [0.29, 0.717) is 6.04 Å². The van der Waals surface area contributed by atoms with Gasteiger partial charge in [-0.25, -0.2) is 4.99 Å². The number of benzene rings is 1. The van der Waals surface area contributed by atoms with Gasteiger partial charge < -0.3 is 14.5 Å². The van der Waals surface area contributed by atoms with Gasteiger partial charge in [0.05, 0.1) is 30.6 Å². The second kappa shape index (κ2) is 6.56. The summed E-state index contributed by atoms with van der Waals surface area (Å²) < 4.78 is 5.42. The van der Waals surface area contributed by atoms with E-state index in [2.05, 4.69) is 45.9 Å². The van der Waals surface area contributed by atoms with Crippen LogP contribution in [0, 0.1) is 0 Å². The normalized spacial score (nSPS) is 23.9. The van der Waals surface area contributed by atoms with Crippen molar-refractivity contribution in [3.63, 3.8) is 0 Å². The lowest BCUT2D eigenvalue weighted by Gasteiger charge is -2.29. The minimum atomic E-state index is 0. The van der Waals surface area contributed by atoms with Gasteiger partial charge in [0, 0.05) is 32.7 Å². The molecule has 5 nitrogen and oxygen atoms in total. The lowest BCUT2D eigenvalue weighted by Crippen LogP contribution is -2.44. The summed E-state index contributed by atoms with van der Waals surface area (Å²) in [6.45, 7) is 9.07. The van der Waals surface area contributed by atoms with Crippen molar-refractivity contribution in [3.8, 4) is 0 Å². The monoisotopic (exact) mass is 366 g/mol. The highest BCUT2D eigenvalue weighted by molar-refractivity contribution is 8.93. The van der Waals surface area contributed by atoms with E-state index >= 15 is 0 Å². The summed E-state index contributed by atoms with van der Waals surface area (Å²) in [7, 11) is 0. The Morgan fingerprint density at radius 2 is 1.86 bits per heavy atom. The Morgan fingerprint density at radius 3 is 2.64 bits per heavy atom. The second-order valence-corrected chi connectivity index (χ2v) is 5.98. The zero-order chi connectivity index (χ0) is 14.2. The molecule has 1 aromatic rings. The van der Waals surface area contributed by atoms with E-state index < -0.39 is 0 Å². The molecule has 0 spiro atoms. The average molecular weight is 367 g/mol. The van der Waals surface area contributed by atoms with Gasteiger partial charge in [-0.2, -0.15) is 0 Å². The maximum Gasteiger partial charge on any atom is 0.206 e. The van der Waals surface area contributed by atoms with Crippen molar-refractivity contribution in [2.45, 2.75) is 13.0 Å². The molecule has 0 amide bonds. The van der Waals surface area contributed by atoms with Crippen LogP contribution in [0.2, 0.25) is 0 Å². The van der Waals surface area contributed by atoms with Crippen molar-refractivity contribution in [2.24, 2.45) is 4.99 Å². The molecule has 3 aliphatic heterocycles. The Balaban J connectivity index is 0.00000144. The Labute approximate surface area is 142 Å². The van der Waals surface area contributed by atoms with Crippen LogP contribution in [0.25, 0.3) is 0 Å². The largest absolute Gasteiger partial charge is 0.379 e. The number of aliphatic imine (C=N–C) groups is 1. The number of hydrogen-bond acceptors (Lipinski definition) is 5. The van der Waals surface area contributed by atoms with Crippen LogP contribution < -0.4 is 9.80 Å². The molecule has 0 saturated carbocycles. The summed E-state index contributed by atoms with van der Waals surface area (Å²) in [4.78, 5) is 12.1. The Kier molecular flexibility index (Phi) is 4.70. The Bertz CT molecular complexity index is 559. The minimum absolute atomic E-state index is 0. The molecule has 4 rings (SSSR count). The number of fused-ring (bicyclic) bond motifs is 3. The van der Waals surface area contributed by atoms with Crippen molar-refractivity contribution in [1.82, 2.24) is 4.90 Å². The molecular formula is C16H23BrN4O. The first-order valence-corrected chi connectivity index (χ1v) is 7.85. The summed E-state index contributed by atoms with van der Waals surface area (Å²) in [5.41, 5.74) is 2.61. The molecule has 1 atom stereocenters. The van der Waals surface area contributed by atoms with Gasteiger partial charge in [-0.1, -0.05) is 12.1 Å². The molecule has 0 aliphatic carbocycles. The van der Waals surface area contributed by atoms with Crippen molar-refractivity contribution in [1.29, 1.82) is 0 Å². The van der Waals surface area contributed by atoms with Crippen LogP contribution in [0.4, 0.5) is 11.4 Å². The topological polar surface area (TPSA) is 31.3 Å². The first kappa shape index (κ1) is 15.8. The SMILES string of the molecule is Br.CC1CN2C(=N1)N(CCN1CCOCC1)c1ccccc12. The van der Waals surface area contributed by atoms with E-state index in [4.69, 9.17) is 9.73 Å². The molecule has 3 aliphatic rings. The zero-order valence-electron chi connectivity index (χ0n) is 12.9. The van der Waals surface area contributed by atoms with Gasteiger partial charge in [0.25, 0.3) is 0 Å². The summed E-state index contributed by atoms with van der Waals surface area (Å²) in [5, 5.41) is 0. The van der Waals surface area contributed by atoms with Gasteiger partial charge in [0.2, 0.25) is 5.96 Å². The average Bonchev–Trinajstić information content (AvgIpc) is 3.02. The van der Waals surface area contributed by atoms with E-state index in [1.165, 1.54) is 11.4 Å². The van der Waals surface area contributed by atoms with Crippen LogP contribution in [0.1, 0.15) is 6.92 Å². The maximum atomic E-state index is 5.42. The third kappa shape index (κ3) is 2.75. The molecule has 1 fully saturated rings. The number of anilines is 2. The third-order valence-electron chi connectivity index (χ3n) is 4.47. The van der Waals surface area contributed by atoms with Crippen LogP contribution in [-0.4, -0.2) is 62.8 Å². The number of halogens is 1. The number of guanidine groups is 1. The highest BCUT2D eigenvalue weighted by Crippen LogP contribution is 2.39.